The lowest BCUT2D eigenvalue weighted by Crippen LogP contribution is -2.06. The Bertz CT molecular complexity index is 514. The van der Waals surface area contributed by atoms with Gasteiger partial charge in [-0.25, -0.2) is 0 Å². The number of nitrogens with one attached hydrogen (secondary N) is 1. The molecular weight excluding hydrogens is 260 g/mol. The van der Waals surface area contributed by atoms with E-state index in [9.17, 15) is 0 Å². The van der Waals surface area contributed by atoms with Crippen molar-refractivity contribution in [2.75, 3.05) is 7.05 Å². The first-order valence-corrected chi connectivity index (χ1v) is 6.57. The van der Waals surface area contributed by atoms with E-state index in [4.69, 9.17) is 16.3 Å². The molecule has 1 N–H and O–H groups in total. The third-order valence-corrected chi connectivity index (χ3v) is 3.10. The molecule has 0 radical (unpaired) electrons. The third-order valence-electron chi connectivity index (χ3n) is 2.73. The number of hydrogen-bond donors (Lipinski definition) is 1. The van der Waals surface area contributed by atoms with E-state index in [1.807, 2.05) is 43.6 Å². The monoisotopic (exact) mass is 276 g/mol. The summed E-state index contributed by atoms with van der Waals surface area (Å²) in [7, 11) is 1.92. The van der Waals surface area contributed by atoms with E-state index in [0.717, 1.165) is 28.4 Å². The Morgan fingerprint density at radius 1 is 1.16 bits per heavy atom. The van der Waals surface area contributed by atoms with Gasteiger partial charge in [-0.05, 0) is 30.3 Å². The van der Waals surface area contributed by atoms with Crippen molar-refractivity contribution in [1.29, 1.82) is 0 Å². The van der Waals surface area contributed by atoms with Crippen molar-refractivity contribution < 1.29 is 4.74 Å². The summed E-state index contributed by atoms with van der Waals surface area (Å²) in [6.07, 6.45) is 1.87. The van der Waals surface area contributed by atoms with Crippen LogP contribution in [0, 0.1) is 0 Å². The quantitative estimate of drug-likeness (QED) is 0.880. The number of aromatic nitrogens is 1. The third kappa shape index (κ3) is 4.31. The van der Waals surface area contributed by atoms with Crippen molar-refractivity contribution in [3.8, 4) is 0 Å². The normalized spacial score (nSPS) is 10.6. The minimum Gasteiger partial charge on any atom is -0.370 e. The van der Waals surface area contributed by atoms with Crippen molar-refractivity contribution in [1.82, 2.24) is 10.3 Å². The molecule has 2 rings (SSSR count). The Morgan fingerprint density at radius 2 is 2.00 bits per heavy atom. The lowest BCUT2D eigenvalue weighted by Gasteiger charge is -2.06. The van der Waals surface area contributed by atoms with Gasteiger partial charge in [-0.1, -0.05) is 35.9 Å². The van der Waals surface area contributed by atoms with E-state index in [-0.39, 0.29) is 0 Å². The van der Waals surface area contributed by atoms with E-state index < -0.39 is 0 Å². The molecule has 0 atom stereocenters. The number of ether oxygens (including phenoxy) is 1. The standard InChI is InChI=1S/C15H17ClN2O/c1-17-8-12-6-7-14(18-9-12)11-19-10-13-4-2-3-5-15(13)16/h2-7,9,17H,8,10-11H2,1H3. The van der Waals surface area contributed by atoms with Crippen LogP contribution >= 0.6 is 11.6 Å². The van der Waals surface area contributed by atoms with Gasteiger partial charge in [-0.3, -0.25) is 4.98 Å². The van der Waals surface area contributed by atoms with Crippen LogP contribution in [0.15, 0.2) is 42.6 Å². The Morgan fingerprint density at radius 3 is 2.68 bits per heavy atom. The molecule has 0 aliphatic carbocycles. The average Bonchev–Trinajstić information content (AvgIpc) is 2.43. The molecule has 0 saturated heterocycles. The molecule has 1 aromatic heterocycles. The molecule has 3 nitrogen and oxygen atoms in total. The second-order valence-corrected chi connectivity index (χ2v) is 4.68. The highest BCUT2D eigenvalue weighted by Gasteiger charge is 2.00. The number of nitrogens with zero attached hydrogens (tertiary/aromatic N) is 1. The topological polar surface area (TPSA) is 34.1 Å². The fourth-order valence-electron chi connectivity index (χ4n) is 1.73. The van der Waals surface area contributed by atoms with Crippen molar-refractivity contribution in [3.63, 3.8) is 0 Å². The van der Waals surface area contributed by atoms with Gasteiger partial charge in [0.2, 0.25) is 0 Å². The summed E-state index contributed by atoms with van der Waals surface area (Å²) in [5, 5.41) is 3.82. The zero-order valence-corrected chi connectivity index (χ0v) is 11.7. The van der Waals surface area contributed by atoms with Gasteiger partial charge >= 0.3 is 0 Å². The van der Waals surface area contributed by atoms with Crippen LogP contribution in [0.1, 0.15) is 16.8 Å². The molecule has 0 aliphatic rings. The SMILES string of the molecule is CNCc1ccc(COCc2ccccc2Cl)nc1. The zero-order chi connectivity index (χ0) is 13.5. The fraction of sp³-hybridized carbons (Fsp3) is 0.267. The van der Waals surface area contributed by atoms with Crippen LogP contribution < -0.4 is 5.32 Å². The van der Waals surface area contributed by atoms with Crippen LogP contribution in [-0.4, -0.2) is 12.0 Å². The molecular formula is C15H17ClN2O. The maximum atomic E-state index is 6.06. The van der Waals surface area contributed by atoms with Crippen LogP contribution in [0.3, 0.4) is 0 Å². The summed E-state index contributed by atoms with van der Waals surface area (Å²) < 4.78 is 5.62. The van der Waals surface area contributed by atoms with Gasteiger partial charge in [-0.15, -0.1) is 0 Å². The predicted octanol–water partition coefficient (Wildman–Crippen LogP) is 3.17. The van der Waals surface area contributed by atoms with Gasteiger partial charge in [0, 0.05) is 17.8 Å². The molecule has 1 heterocycles. The van der Waals surface area contributed by atoms with Gasteiger partial charge in [-0.2, -0.15) is 0 Å². The molecule has 0 spiro atoms. The summed E-state index contributed by atoms with van der Waals surface area (Å²) in [6.45, 7) is 1.82. The average molecular weight is 277 g/mol. The molecule has 0 fully saturated rings. The van der Waals surface area contributed by atoms with E-state index >= 15 is 0 Å². The summed E-state index contributed by atoms with van der Waals surface area (Å²) in [5.41, 5.74) is 3.08. The van der Waals surface area contributed by atoms with Crippen molar-refractivity contribution in [2.45, 2.75) is 19.8 Å². The molecule has 0 saturated carbocycles. The maximum Gasteiger partial charge on any atom is 0.0892 e. The summed E-state index contributed by atoms with van der Waals surface area (Å²) >= 11 is 6.06. The van der Waals surface area contributed by atoms with Gasteiger partial charge in [0.25, 0.3) is 0 Å². The van der Waals surface area contributed by atoms with E-state index in [1.54, 1.807) is 0 Å². The minimum absolute atomic E-state index is 0.491. The number of hydrogen-bond acceptors (Lipinski definition) is 3. The van der Waals surface area contributed by atoms with Gasteiger partial charge < -0.3 is 10.1 Å². The predicted molar refractivity (Wildman–Crippen MR) is 76.9 cm³/mol. The molecule has 0 bridgehead atoms. The molecule has 19 heavy (non-hydrogen) atoms. The summed E-state index contributed by atoms with van der Waals surface area (Å²) in [6, 6.07) is 11.7. The zero-order valence-electron chi connectivity index (χ0n) is 10.9. The second kappa shape index (κ2) is 7.24. The number of rotatable bonds is 6. The Kier molecular flexibility index (Phi) is 5.33. The Balaban J connectivity index is 1.84. The lowest BCUT2D eigenvalue weighted by molar-refractivity contribution is 0.104. The van der Waals surface area contributed by atoms with Crippen LogP contribution in [0.5, 0.6) is 0 Å². The van der Waals surface area contributed by atoms with Crippen LogP contribution in [0.25, 0.3) is 0 Å². The highest BCUT2D eigenvalue weighted by molar-refractivity contribution is 6.31. The van der Waals surface area contributed by atoms with Crippen molar-refractivity contribution in [2.24, 2.45) is 0 Å². The second-order valence-electron chi connectivity index (χ2n) is 4.27. The first-order valence-electron chi connectivity index (χ1n) is 6.19. The first-order chi connectivity index (χ1) is 9.29. The van der Waals surface area contributed by atoms with Crippen LogP contribution in [0.2, 0.25) is 5.02 Å². The smallest absolute Gasteiger partial charge is 0.0892 e. The van der Waals surface area contributed by atoms with E-state index in [2.05, 4.69) is 16.4 Å². The van der Waals surface area contributed by atoms with Crippen LogP contribution in [0.4, 0.5) is 0 Å². The highest BCUT2D eigenvalue weighted by Crippen LogP contribution is 2.16. The van der Waals surface area contributed by atoms with Gasteiger partial charge in [0.05, 0.1) is 18.9 Å². The molecule has 100 valence electrons. The number of pyridine rings is 1. The molecule has 2 aromatic rings. The first kappa shape index (κ1) is 14.0. The Labute approximate surface area is 118 Å². The van der Waals surface area contributed by atoms with Gasteiger partial charge in [0.15, 0.2) is 0 Å². The molecule has 4 heteroatoms. The van der Waals surface area contributed by atoms with E-state index in [0.29, 0.717) is 13.2 Å². The molecule has 0 amide bonds. The van der Waals surface area contributed by atoms with Crippen LogP contribution in [-0.2, 0) is 24.5 Å². The van der Waals surface area contributed by atoms with Gasteiger partial charge in [0.1, 0.15) is 0 Å². The minimum atomic E-state index is 0.491. The summed E-state index contributed by atoms with van der Waals surface area (Å²) in [5.74, 6) is 0. The summed E-state index contributed by atoms with van der Waals surface area (Å²) in [4.78, 5) is 4.35. The van der Waals surface area contributed by atoms with Crippen molar-refractivity contribution in [3.05, 3.63) is 64.4 Å². The number of benzene rings is 1. The van der Waals surface area contributed by atoms with Crippen molar-refractivity contribution >= 4 is 11.6 Å². The molecule has 0 aliphatic heterocycles. The molecule has 1 aromatic carbocycles. The molecule has 0 unspecified atom stereocenters. The lowest BCUT2D eigenvalue weighted by atomic mass is 10.2. The van der Waals surface area contributed by atoms with E-state index in [1.165, 1.54) is 0 Å². The number of halogens is 1. The Hall–Kier alpha value is -1.42. The highest BCUT2D eigenvalue weighted by atomic mass is 35.5. The largest absolute Gasteiger partial charge is 0.370 e. The maximum absolute atomic E-state index is 6.06. The fourth-order valence-corrected chi connectivity index (χ4v) is 1.92.